The van der Waals surface area contributed by atoms with Gasteiger partial charge in [0.15, 0.2) is 0 Å². The van der Waals surface area contributed by atoms with E-state index in [1.165, 1.54) is 0 Å². The van der Waals surface area contributed by atoms with E-state index in [9.17, 15) is 15.0 Å². The van der Waals surface area contributed by atoms with Crippen LogP contribution in [0.1, 0.15) is 45.6 Å². The van der Waals surface area contributed by atoms with Gasteiger partial charge in [-0.05, 0) is 33.1 Å². The Balaban J connectivity index is 1.99. The summed E-state index contributed by atoms with van der Waals surface area (Å²) < 4.78 is 5.44. The lowest BCUT2D eigenvalue weighted by atomic mass is 9.85. The molecule has 0 aliphatic carbocycles. The van der Waals surface area contributed by atoms with Gasteiger partial charge in [-0.1, -0.05) is 6.92 Å². The Hall–Kier alpha value is -1.93. The Kier molecular flexibility index (Phi) is 5.58. The Morgan fingerprint density at radius 3 is 2.63 bits per heavy atom. The lowest BCUT2D eigenvalue weighted by molar-refractivity contribution is -0.142. The summed E-state index contributed by atoms with van der Waals surface area (Å²) in [5.74, 6) is 0.293. The molecule has 8 nitrogen and oxygen atoms in total. The highest BCUT2D eigenvalue weighted by Crippen LogP contribution is 2.34. The van der Waals surface area contributed by atoms with Crippen LogP contribution >= 0.6 is 0 Å². The van der Waals surface area contributed by atoms with E-state index in [0.29, 0.717) is 56.6 Å². The third kappa shape index (κ3) is 4.01. The standard InChI is InChI=1S/C19H30N4O4/c1-4-19(26)6-5-7-23(13-19)17-20-12-14(18(2,3)16(24)25)15(21-17)22-8-10-27-11-9-22/h12,26H,4-11,13H2,1-3H3,(H,24,25)/t19-/m0/s1. The maximum absolute atomic E-state index is 11.8. The van der Waals surface area contributed by atoms with E-state index >= 15 is 0 Å². The molecule has 0 bridgehead atoms. The molecule has 3 heterocycles. The quantitative estimate of drug-likeness (QED) is 0.794. The summed E-state index contributed by atoms with van der Waals surface area (Å²) >= 11 is 0. The maximum atomic E-state index is 11.8. The molecule has 8 heteroatoms. The number of hydrogen-bond acceptors (Lipinski definition) is 7. The Morgan fingerprint density at radius 2 is 2.00 bits per heavy atom. The molecule has 0 unspecified atom stereocenters. The lowest BCUT2D eigenvalue weighted by Crippen LogP contribution is -2.48. The number of carboxylic acids is 1. The molecule has 2 aliphatic rings. The first-order chi connectivity index (χ1) is 12.8. The van der Waals surface area contributed by atoms with Crippen molar-refractivity contribution in [2.75, 3.05) is 49.2 Å². The Morgan fingerprint density at radius 1 is 1.30 bits per heavy atom. The van der Waals surface area contributed by atoms with Crippen molar-refractivity contribution in [3.05, 3.63) is 11.8 Å². The molecule has 2 N–H and O–H groups in total. The second-order valence-corrected chi connectivity index (χ2v) is 8.04. The van der Waals surface area contributed by atoms with Gasteiger partial charge in [-0.15, -0.1) is 0 Å². The molecule has 0 spiro atoms. The molecule has 27 heavy (non-hydrogen) atoms. The highest BCUT2D eigenvalue weighted by atomic mass is 16.5. The molecule has 150 valence electrons. The van der Waals surface area contributed by atoms with E-state index in [1.54, 1.807) is 20.0 Å². The van der Waals surface area contributed by atoms with Gasteiger partial charge in [0.1, 0.15) is 5.82 Å². The number of ether oxygens (including phenoxy) is 1. The average molecular weight is 378 g/mol. The normalized spacial score (nSPS) is 24.1. The van der Waals surface area contributed by atoms with Crippen LogP contribution in [0.5, 0.6) is 0 Å². The summed E-state index contributed by atoms with van der Waals surface area (Å²) in [6, 6.07) is 0. The summed E-state index contributed by atoms with van der Waals surface area (Å²) in [7, 11) is 0. The predicted octanol–water partition coefficient (Wildman–Crippen LogP) is 1.42. The fourth-order valence-corrected chi connectivity index (χ4v) is 3.66. The maximum Gasteiger partial charge on any atom is 0.313 e. The van der Waals surface area contributed by atoms with Crippen LogP contribution in [0, 0.1) is 0 Å². The van der Waals surface area contributed by atoms with Crippen LogP contribution in [0.3, 0.4) is 0 Å². The number of nitrogens with zero attached hydrogens (tertiary/aromatic N) is 4. The van der Waals surface area contributed by atoms with Gasteiger partial charge in [-0.3, -0.25) is 4.79 Å². The molecule has 2 aliphatic heterocycles. The smallest absolute Gasteiger partial charge is 0.313 e. The van der Waals surface area contributed by atoms with Crippen LogP contribution < -0.4 is 9.80 Å². The van der Waals surface area contributed by atoms with Crippen molar-refractivity contribution in [3.63, 3.8) is 0 Å². The molecular weight excluding hydrogens is 348 g/mol. The molecule has 0 aromatic carbocycles. The van der Waals surface area contributed by atoms with Gasteiger partial charge in [0.05, 0.1) is 24.2 Å². The van der Waals surface area contributed by atoms with E-state index in [-0.39, 0.29) is 0 Å². The number of hydrogen-bond donors (Lipinski definition) is 2. The van der Waals surface area contributed by atoms with Crippen LogP contribution in [0.15, 0.2) is 6.20 Å². The van der Waals surface area contributed by atoms with Gasteiger partial charge in [0, 0.05) is 37.9 Å². The molecule has 3 rings (SSSR count). The zero-order valence-corrected chi connectivity index (χ0v) is 16.4. The van der Waals surface area contributed by atoms with Crippen LogP contribution in [0.25, 0.3) is 0 Å². The number of carbonyl (C=O) groups is 1. The van der Waals surface area contributed by atoms with Gasteiger partial charge in [-0.2, -0.15) is 4.98 Å². The molecule has 0 amide bonds. The van der Waals surface area contributed by atoms with Gasteiger partial charge in [0.2, 0.25) is 5.95 Å². The van der Waals surface area contributed by atoms with E-state index in [1.807, 2.05) is 11.8 Å². The topological polar surface area (TPSA) is 99.0 Å². The predicted molar refractivity (Wildman–Crippen MR) is 102 cm³/mol. The van der Waals surface area contributed by atoms with E-state index < -0.39 is 17.0 Å². The SMILES string of the molecule is CC[C@]1(O)CCCN(c2ncc(C(C)(C)C(=O)O)c(N3CCOCC3)n2)C1. The Labute approximate surface area is 160 Å². The summed E-state index contributed by atoms with van der Waals surface area (Å²) in [4.78, 5) is 25.2. The molecule has 2 fully saturated rings. The number of piperidine rings is 1. The first-order valence-corrected chi connectivity index (χ1v) is 9.68. The molecule has 0 radical (unpaired) electrons. The van der Waals surface area contributed by atoms with Crippen molar-refractivity contribution in [3.8, 4) is 0 Å². The van der Waals surface area contributed by atoms with Crippen LogP contribution in [-0.4, -0.2) is 71.1 Å². The Bertz CT molecular complexity index is 690. The molecular formula is C19H30N4O4. The van der Waals surface area contributed by atoms with Crippen molar-refractivity contribution in [2.45, 2.75) is 51.0 Å². The summed E-state index contributed by atoms with van der Waals surface area (Å²) in [6.07, 6.45) is 3.98. The molecule has 1 atom stereocenters. The fraction of sp³-hybridized carbons (Fsp3) is 0.737. The number of β-amino-alcohol motifs (C(OH)–C–C–N with tert-alkyl or cyclic N) is 1. The first-order valence-electron chi connectivity index (χ1n) is 9.68. The number of aliphatic carboxylic acids is 1. The highest BCUT2D eigenvalue weighted by Gasteiger charge is 2.37. The monoisotopic (exact) mass is 378 g/mol. The largest absolute Gasteiger partial charge is 0.481 e. The average Bonchev–Trinajstić information content (AvgIpc) is 2.68. The number of morpholine rings is 1. The second kappa shape index (κ2) is 7.59. The van der Waals surface area contributed by atoms with Gasteiger partial charge in [-0.25, -0.2) is 4.98 Å². The van der Waals surface area contributed by atoms with Crippen LogP contribution in [-0.2, 0) is 14.9 Å². The first kappa shape index (κ1) is 19.8. The number of aliphatic hydroxyl groups is 1. The molecule has 1 aromatic heterocycles. The third-order valence-corrected chi connectivity index (χ3v) is 5.77. The second-order valence-electron chi connectivity index (χ2n) is 8.04. The number of rotatable bonds is 5. The van der Waals surface area contributed by atoms with Crippen molar-refractivity contribution in [2.24, 2.45) is 0 Å². The fourth-order valence-electron chi connectivity index (χ4n) is 3.66. The molecule has 2 saturated heterocycles. The van der Waals surface area contributed by atoms with Crippen molar-refractivity contribution < 1.29 is 19.7 Å². The van der Waals surface area contributed by atoms with Gasteiger partial charge in [0.25, 0.3) is 0 Å². The minimum absolute atomic E-state index is 0.494. The molecule has 0 saturated carbocycles. The van der Waals surface area contributed by atoms with E-state index in [2.05, 4.69) is 9.88 Å². The van der Waals surface area contributed by atoms with Crippen molar-refractivity contribution in [1.82, 2.24) is 9.97 Å². The zero-order chi connectivity index (χ0) is 19.7. The number of anilines is 2. The summed E-state index contributed by atoms with van der Waals surface area (Å²) in [5, 5.41) is 20.4. The van der Waals surface area contributed by atoms with E-state index in [0.717, 1.165) is 19.4 Å². The van der Waals surface area contributed by atoms with Gasteiger partial charge >= 0.3 is 5.97 Å². The van der Waals surface area contributed by atoms with Crippen LogP contribution in [0.4, 0.5) is 11.8 Å². The minimum Gasteiger partial charge on any atom is -0.481 e. The van der Waals surface area contributed by atoms with Crippen molar-refractivity contribution >= 4 is 17.7 Å². The minimum atomic E-state index is -1.10. The zero-order valence-electron chi connectivity index (χ0n) is 16.4. The van der Waals surface area contributed by atoms with E-state index in [4.69, 9.17) is 9.72 Å². The summed E-state index contributed by atoms with van der Waals surface area (Å²) in [5.41, 5.74) is -1.22. The highest BCUT2D eigenvalue weighted by molar-refractivity contribution is 5.82. The lowest BCUT2D eigenvalue weighted by Gasteiger charge is -2.39. The molecule has 1 aromatic rings. The third-order valence-electron chi connectivity index (χ3n) is 5.77. The van der Waals surface area contributed by atoms with Crippen LogP contribution in [0.2, 0.25) is 0 Å². The van der Waals surface area contributed by atoms with Gasteiger partial charge < -0.3 is 24.7 Å². The number of carboxylic acid groups (broad SMARTS) is 1. The summed E-state index contributed by atoms with van der Waals surface area (Å²) in [6.45, 7) is 9.12. The number of aromatic nitrogens is 2. The van der Waals surface area contributed by atoms with Crippen molar-refractivity contribution in [1.29, 1.82) is 0 Å².